The Morgan fingerprint density at radius 1 is 1.06 bits per heavy atom. The van der Waals surface area contributed by atoms with Crippen LogP contribution in [0, 0.1) is 5.82 Å². The van der Waals surface area contributed by atoms with Crippen molar-refractivity contribution in [3.8, 4) is 5.75 Å². The number of amides is 1. The molecule has 1 aliphatic heterocycles. The first-order valence-electron chi connectivity index (χ1n) is 10.6. The molecule has 2 N–H and O–H groups in total. The van der Waals surface area contributed by atoms with Gasteiger partial charge in [0.05, 0.1) is 11.6 Å². The number of carbonyl (C=O) groups excluding carboxylic acids is 2. The Balaban J connectivity index is 1.54. The number of aromatic hydroxyl groups is 1. The highest BCUT2D eigenvalue weighted by atomic mass is 32.2. The third kappa shape index (κ3) is 4.45. The molecule has 0 saturated carbocycles. The van der Waals surface area contributed by atoms with Gasteiger partial charge in [0, 0.05) is 23.7 Å². The van der Waals surface area contributed by atoms with E-state index in [1.807, 2.05) is 0 Å². The van der Waals surface area contributed by atoms with Crippen molar-refractivity contribution >= 4 is 45.7 Å². The fourth-order valence-electron chi connectivity index (χ4n) is 3.82. The summed E-state index contributed by atoms with van der Waals surface area (Å²) in [6.45, 7) is 0. The van der Waals surface area contributed by atoms with Gasteiger partial charge in [-0.25, -0.2) is 4.39 Å². The lowest BCUT2D eigenvalue weighted by atomic mass is 9.95. The summed E-state index contributed by atoms with van der Waals surface area (Å²) in [6, 6.07) is 14.5. The molecule has 1 amide bonds. The molecule has 1 atom stereocenters. The minimum Gasteiger partial charge on any atom is -0.508 e. The monoisotopic (exact) mass is 520 g/mol. The van der Waals surface area contributed by atoms with E-state index < -0.39 is 17.7 Å². The number of benzene rings is 2. The van der Waals surface area contributed by atoms with Gasteiger partial charge in [0.2, 0.25) is 5.13 Å². The standard InChI is InChI=1S/C25H17FN4O4S2/c26-18-7-2-1-4-16(18)13-35-25-29-28-24(36-25)30-20(15-5-3-6-17(31)12-15)19(22(33)23(30)34)21(32)14-8-10-27-11-9-14/h1-12,20,31-32H,13H2. The molecule has 180 valence electrons. The fourth-order valence-corrected chi connectivity index (χ4v) is 5.67. The van der Waals surface area contributed by atoms with Gasteiger partial charge in [-0.05, 0) is 41.5 Å². The maximum atomic E-state index is 14.0. The van der Waals surface area contributed by atoms with Gasteiger partial charge < -0.3 is 10.2 Å². The summed E-state index contributed by atoms with van der Waals surface area (Å²) in [5.41, 5.74) is 1.07. The maximum Gasteiger partial charge on any atom is 0.301 e. The lowest BCUT2D eigenvalue weighted by molar-refractivity contribution is -0.132. The van der Waals surface area contributed by atoms with E-state index in [4.69, 9.17) is 0 Å². The van der Waals surface area contributed by atoms with Crippen LogP contribution in [-0.4, -0.2) is 37.1 Å². The molecule has 11 heteroatoms. The molecule has 0 radical (unpaired) electrons. The molecule has 1 unspecified atom stereocenters. The zero-order valence-electron chi connectivity index (χ0n) is 18.4. The minimum atomic E-state index is -1.05. The first-order chi connectivity index (χ1) is 17.4. The number of aliphatic hydroxyl groups excluding tert-OH is 1. The van der Waals surface area contributed by atoms with E-state index in [0.29, 0.717) is 26.8 Å². The number of phenols is 1. The number of aromatic nitrogens is 3. The van der Waals surface area contributed by atoms with Crippen molar-refractivity contribution in [2.75, 3.05) is 4.90 Å². The third-order valence-electron chi connectivity index (χ3n) is 5.49. The van der Waals surface area contributed by atoms with Crippen LogP contribution in [0.5, 0.6) is 5.75 Å². The molecule has 0 spiro atoms. The number of pyridine rings is 1. The summed E-state index contributed by atoms with van der Waals surface area (Å²) in [6.07, 6.45) is 2.91. The molecule has 36 heavy (non-hydrogen) atoms. The van der Waals surface area contributed by atoms with E-state index in [1.165, 1.54) is 54.5 Å². The highest BCUT2D eigenvalue weighted by Gasteiger charge is 2.48. The van der Waals surface area contributed by atoms with E-state index in [-0.39, 0.29) is 28.0 Å². The van der Waals surface area contributed by atoms with Crippen LogP contribution in [0.25, 0.3) is 5.76 Å². The summed E-state index contributed by atoms with van der Waals surface area (Å²) in [4.78, 5) is 31.4. The van der Waals surface area contributed by atoms with Crippen LogP contribution in [0.1, 0.15) is 22.7 Å². The van der Waals surface area contributed by atoms with Gasteiger partial charge in [-0.3, -0.25) is 19.5 Å². The van der Waals surface area contributed by atoms with E-state index in [9.17, 15) is 24.2 Å². The fraction of sp³-hybridized carbons (Fsp3) is 0.0800. The molecule has 1 fully saturated rings. The lowest BCUT2D eigenvalue weighted by Crippen LogP contribution is -2.29. The Labute approximate surface area is 212 Å². The van der Waals surface area contributed by atoms with Crippen LogP contribution in [0.15, 0.2) is 83.0 Å². The van der Waals surface area contributed by atoms with Gasteiger partial charge in [0.15, 0.2) is 4.34 Å². The highest BCUT2D eigenvalue weighted by Crippen LogP contribution is 2.44. The number of Topliss-reactive ketones (excluding diaryl/α,β-unsaturated/α-hetero) is 1. The van der Waals surface area contributed by atoms with E-state index in [0.717, 1.165) is 16.2 Å². The molecule has 2 aromatic carbocycles. The van der Waals surface area contributed by atoms with Crippen molar-refractivity contribution in [3.63, 3.8) is 0 Å². The number of hydrogen-bond acceptors (Lipinski definition) is 9. The summed E-state index contributed by atoms with van der Waals surface area (Å²) in [5, 5.41) is 29.5. The van der Waals surface area contributed by atoms with Crippen LogP contribution >= 0.6 is 23.1 Å². The number of nitrogens with zero attached hydrogens (tertiary/aromatic N) is 4. The van der Waals surface area contributed by atoms with E-state index >= 15 is 0 Å². The molecular formula is C25H17FN4O4S2. The van der Waals surface area contributed by atoms with Crippen LogP contribution < -0.4 is 4.90 Å². The van der Waals surface area contributed by atoms with Crippen molar-refractivity contribution in [1.82, 2.24) is 15.2 Å². The average molecular weight is 521 g/mol. The summed E-state index contributed by atoms with van der Waals surface area (Å²) in [5.74, 6) is -2.25. The second kappa shape index (κ2) is 9.88. The van der Waals surface area contributed by atoms with Crippen molar-refractivity contribution in [2.24, 2.45) is 0 Å². The minimum absolute atomic E-state index is 0.0691. The van der Waals surface area contributed by atoms with Crippen LogP contribution in [0.3, 0.4) is 0 Å². The molecular weight excluding hydrogens is 503 g/mol. The largest absolute Gasteiger partial charge is 0.508 e. The Kier molecular flexibility index (Phi) is 6.49. The molecule has 8 nitrogen and oxygen atoms in total. The lowest BCUT2D eigenvalue weighted by Gasteiger charge is -2.22. The summed E-state index contributed by atoms with van der Waals surface area (Å²) in [7, 11) is 0. The van der Waals surface area contributed by atoms with Gasteiger partial charge >= 0.3 is 5.91 Å². The molecule has 0 aliphatic carbocycles. The Morgan fingerprint density at radius 3 is 2.58 bits per heavy atom. The van der Waals surface area contributed by atoms with Crippen LogP contribution in [-0.2, 0) is 15.3 Å². The number of rotatable bonds is 6. The van der Waals surface area contributed by atoms with Gasteiger partial charge in [0.1, 0.15) is 17.3 Å². The number of halogens is 1. The molecule has 4 aromatic rings. The number of thioether (sulfide) groups is 1. The average Bonchev–Trinajstić information content (AvgIpc) is 3.46. The first kappa shape index (κ1) is 23.6. The third-order valence-corrected chi connectivity index (χ3v) is 7.60. The number of anilines is 1. The number of hydrogen-bond donors (Lipinski definition) is 2. The van der Waals surface area contributed by atoms with Crippen LogP contribution in [0.4, 0.5) is 9.52 Å². The Bertz CT molecular complexity index is 1490. The van der Waals surface area contributed by atoms with Crippen molar-refractivity contribution in [1.29, 1.82) is 0 Å². The van der Waals surface area contributed by atoms with E-state index in [1.54, 1.807) is 30.3 Å². The quantitative estimate of drug-likeness (QED) is 0.124. The zero-order chi connectivity index (χ0) is 25.2. The number of phenolic OH excluding ortho intramolecular Hbond substituents is 1. The molecule has 0 bridgehead atoms. The zero-order valence-corrected chi connectivity index (χ0v) is 20.0. The van der Waals surface area contributed by atoms with Crippen molar-refractivity contribution < 1.29 is 24.2 Å². The van der Waals surface area contributed by atoms with Gasteiger partial charge in [0.25, 0.3) is 5.78 Å². The van der Waals surface area contributed by atoms with Crippen molar-refractivity contribution in [3.05, 3.63) is 101 Å². The molecule has 3 heterocycles. The number of aliphatic hydroxyl groups is 1. The summed E-state index contributed by atoms with van der Waals surface area (Å²) >= 11 is 2.31. The number of ketones is 1. The smallest absolute Gasteiger partial charge is 0.301 e. The number of carbonyl (C=O) groups is 2. The topological polar surface area (TPSA) is 117 Å². The second-order valence-corrected chi connectivity index (χ2v) is 9.91. The molecule has 5 rings (SSSR count). The van der Waals surface area contributed by atoms with Gasteiger partial charge in [-0.15, -0.1) is 10.2 Å². The molecule has 2 aromatic heterocycles. The van der Waals surface area contributed by atoms with Gasteiger partial charge in [-0.2, -0.15) is 0 Å². The molecule has 1 saturated heterocycles. The van der Waals surface area contributed by atoms with Crippen LogP contribution in [0.2, 0.25) is 0 Å². The Morgan fingerprint density at radius 2 is 1.83 bits per heavy atom. The molecule has 1 aliphatic rings. The second-order valence-electron chi connectivity index (χ2n) is 7.73. The summed E-state index contributed by atoms with van der Waals surface area (Å²) < 4.78 is 14.4. The predicted molar refractivity (Wildman–Crippen MR) is 133 cm³/mol. The van der Waals surface area contributed by atoms with Gasteiger partial charge in [-0.1, -0.05) is 53.4 Å². The van der Waals surface area contributed by atoms with Crippen molar-refractivity contribution in [2.45, 2.75) is 16.1 Å². The Hall–Kier alpha value is -4.09. The van der Waals surface area contributed by atoms with E-state index in [2.05, 4.69) is 15.2 Å². The first-order valence-corrected chi connectivity index (χ1v) is 12.4. The maximum absolute atomic E-state index is 14.0. The highest BCUT2D eigenvalue weighted by molar-refractivity contribution is 8.00. The predicted octanol–water partition coefficient (Wildman–Crippen LogP) is 4.70. The normalized spacial score (nSPS) is 17.0. The SMILES string of the molecule is O=C1C(=O)N(c2nnc(SCc3ccccc3F)s2)C(c2cccc(O)c2)C1=C(O)c1ccncc1.